The van der Waals surface area contributed by atoms with Crippen molar-refractivity contribution in [1.82, 2.24) is 16.0 Å². The van der Waals surface area contributed by atoms with Crippen LogP contribution < -0.4 is 16.0 Å². The molecule has 0 saturated carbocycles. The second kappa shape index (κ2) is 23.0. The maximum Gasteiger partial charge on any atom is 0.326 e. The van der Waals surface area contributed by atoms with Crippen molar-refractivity contribution in [2.45, 2.75) is 142 Å². The average molecular weight is 618 g/mol. The number of amides is 3. The quantitative estimate of drug-likeness (QED) is 0.0920. The SMILES string of the molecule is CCCCCCCCCCCCCC(=O)N[C@@H](CCC(=O)O)C(=O)N[C@@H](Cc1ccccc1)C(=O)N[C@@H](CC(C)C)C(=O)O. The Morgan fingerprint density at radius 1 is 0.659 bits per heavy atom. The number of rotatable bonds is 25. The van der Waals surface area contributed by atoms with E-state index in [1.165, 1.54) is 44.9 Å². The molecular formula is C34H55N3O7. The summed E-state index contributed by atoms with van der Waals surface area (Å²) in [4.78, 5) is 62.3. The monoisotopic (exact) mass is 617 g/mol. The zero-order chi connectivity index (χ0) is 32.7. The van der Waals surface area contributed by atoms with Gasteiger partial charge in [-0.15, -0.1) is 0 Å². The predicted octanol–water partition coefficient (Wildman–Crippen LogP) is 5.38. The third kappa shape index (κ3) is 18.3. The molecule has 1 aromatic rings. The van der Waals surface area contributed by atoms with Gasteiger partial charge in [0, 0.05) is 19.3 Å². The fourth-order valence-corrected chi connectivity index (χ4v) is 5.05. The number of unbranched alkanes of at least 4 members (excludes halogenated alkanes) is 10. The van der Waals surface area contributed by atoms with Crippen LogP contribution in [0, 0.1) is 5.92 Å². The Morgan fingerprint density at radius 2 is 1.18 bits per heavy atom. The van der Waals surface area contributed by atoms with Crippen molar-refractivity contribution in [1.29, 1.82) is 0 Å². The Labute approximate surface area is 263 Å². The minimum absolute atomic E-state index is 0.00879. The standard InChI is InChI=1S/C34H55N3O7/c1-4-5-6-7-8-9-10-11-12-13-17-20-30(38)35-27(21-22-31(39)40)32(41)36-28(24-26-18-15-14-16-19-26)33(42)37-29(34(43)44)23-25(2)3/h14-16,18-19,25,27-29H,4-13,17,20-24H2,1-3H3,(H,35,38)(H,36,41)(H,37,42)(H,39,40)(H,43,44)/t27-,28-,29-/m0/s1. The van der Waals surface area contributed by atoms with Crippen LogP contribution in [0.15, 0.2) is 30.3 Å². The molecule has 0 fully saturated rings. The van der Waals surface area contributed by atoms with Crippen LogP contribution in [0.5, 0.6) is 0 Å². The van der Waals surface area contributed by atoms with Crippen LogP contribution in [0.25, 0.3) is 0 Å². The highest BCUT2D eigenvalue weighted by atomic mass is 16.4. The van der Waals surface area contributed by atoms with Gasteiger partial charge in [0.25, 0.3) is 0 Å². The molecule has 0 heterocycles. The average Bonchev–Trinajstić information content (AvgIpc) is 2.97. The van der Waals surface area contributed by atoms with Crippen molar-refractivity contribution >= 4 is 29.7 Å². The second-order valence-corrected chi connectivity index (χ2v) is 12.1. The smallest absolute Gasteiger partial charge is 0.326 e. The van der Waals surface area contributed by atoms with Gasteiger partial charge in [0.1, 0.15) is 18.1 Å². The molecule has 248 valence electrons. The Kier molecular flexibility index (Phi) is 20.2. The molecule has 0 bridgehead atoms. The predicted molar refractivity (Wildman–Crippen MR) is 171 cm³/mol. The summed E-state index contributed by atoms with van der Waals surface area (Å²) in [7, 11) is 0. The lowest BCUT2D eigenvalue weighted by Gasteiger charge is -2.25. The van der Waals surface area contributed by atoms with Crippen molar-refractivity contribution in [2.75, 3.05) is 0 Å². The Balaban J connectivity index is 2.76. The van der Waals surface area contributed by atoms with E-state index >= 15 is 0 Å². The molecule has 0 unspecified atom stereocenters. The van der Waals surface area contributed by atoms with E-state index in [0.717, 1.165) is 24.8 Å². The van der Waals surface area contributed by atoms with Crippen molar-refractivity contribution in [3.8, 4) is 0 Å². The van der Waals surface area contributed by atoms with Crippen LogP contribution >= 0.6 is 0 Å². The lowest BCUT2D eigenvalue weighted by molar-refractivity contribution is -0.142. The molecule has 10 heteroatoms. The van der Waals surface area contributed by atoms with E-state index in [4.69, 9.17) is 0 Å². The number of aliphatic carboxylic acids is 2. The molecule has 0 radical (unpaired) electrons. The molecule has 0 spiro atoms. The van der Waals surface area contributed by atoms with Gasteiger partial charge < -0.3 is 26.2 Å². The number of benzene rings is 1. The van der Waals surface area contributed by atoms with Gasteiger partial charge in [0.2, 0.25) is 17.7 Å². The third-order valence-corrected chi connectivity index (χ3v) is 7.54. The number of hydrogen-bond donors (Lipinski definition) is 5. The topological polar surface area (TPSA) is 162 Å². The second-order valence-electron chi connectivity index (χ2n) is 12.1. The minimum atomic E-state index is -1.18. The zero-order valence-electron chi connectivity index (χ0n) is 26.9. The summed E-state index contributed by atoms with van der Waals surface area (Å²) < 4.78 is 0. The van der Waals surface area contributed by atoms with Gasteiger partial charge in [-0.25, -0.2) is 4.79 Å². The summed E-state index contributed by atoms with van der Waals surface area (Å²) in [6, 6.07) is 5.54. The van der Waals surface area contributed by atoms with Gasteiger partial charge in [0.15, 0.2) is 0 Å². The summed E-state index contributed by atoms with van der Waals surface area (Å²) in [5.41, 5.74) is 0.742. The molecule has 3 atom stereocenters. The summed E-state index contributed by atoms with van der Waals surface area (Å²) >= 11 is 0. The molecule has 1 aromatic carbocycles. The highest BCUT2D eigenvalue weighted by molar-refractivity contribution is 5.93. The van der Waals surface area contributed by atoms with Gasteiger partial charge in [-0.3, -0.25) is 19.2 Å². The van der Waals surface area contributed by atoms with E-state index in [1.807, 2.05) is 19.9 Å². The highest BCUT2D eigenvalue weighted by Crippen LogP contribution is 2.13. The lowest BCUT2D eigenvalue weighted by Crippen LogP contribution is -2.56. The van der Waals surface area contributed by atoms with Gasteiger partial charge in [0.05, 0.1) is 0 Å². The van der Waals surface area contributed by atoms with Crippen LogP contribution in [0.2, 0.25) is 0 Å². The summed E-state index contributed by atoms with van der Waals surface area (Å²) in [6.45, 7) is 5.90. The molecule has 0 aliphatic carbocycles. The molecule has 10 nitrogen and oxygen atoms in total. The van der Waals surface area contributed by atoms with Crippen LogP contribution in [0.1, 0.15) is 123 Å². The van der Waals surface area contributed by atoms with E-state index in [0.29, 0.717) is 6.42 Å². The Bertz CT molecular complexity index is 1000. The molecule has 0 aromatic heterocycles. The van der Waals surface area contributed by atoms with Gasteiger partial charge in [-0.05, 0) is 30.7 Å². The molecular weight excluding hydrogens is 562 g/mol. The number of carbonyl (C=O) groups excluding carboxylic acids is 3. The van der Waals surface area contributed by atoms with E-state index in [2.05, 4.69) is 22.9 Å². The van der Waals surface area contributed by atoms with Crippen LogP contribution in [-0.2, 0) is 30.4 Å². The zero-order valence-corrected chi connectivity index (χ0v) is 26.9. The van der Waals surface area contributed by atoms with Gasteiger partial charge in [-0.1, -0.05) is 115 Å². The van der Waals surface area contributed by atoms with Crippen molar-refractivity contribution < 1.29 is 34.2 Å². The molecule has 0 aliphatic rings. The molecule has 5 N–H and O–H groups in total. The summed E-state index contributed by atoms with van der Waals surface area (Å²) in [6.07, 6.45) is 12.6. The Hall–Kier alpha value is -3.43. The number of hydrogen-bond acceptors (Lipinski definition) is 5. The minimum Gasteiger partial charge on any atom is -0.481 e. The normalized spacial score (nSPS) is 13.1. The lowest BCUT2D eigenvalue weighted by atomic mass is 10.0. The summed E-state index contributed by atoms with van der Waals surface area (Å²) in [5, 5.41) is 26.7. The van der Waals surface area contributed by atoms with Crippen LogP contribution in [-0.4, -0.2) is 58.0 Å². The first kappa shape index (κ1) is 38.6. The van der Waals surface area contributed by atoms with Crippen LogP contribution in [0.3, 0.4) is 0 Å². The van der Waals surface area contributed by atoms with Gasteiger partial charge in [-0.2, -0.15) is 0 Å². The molecule has 3 amide bonds. The van der Waals surface area contributed by atoms with E-state index in [9.17, 15) is 34.2 Å². The molecule has 1 rings (SSSR count). The molecule has 0 aliphatic heterocycles. The maximum absolute atomic E-state index is 13.3. The van der Waals surface area contributed by atoms with Crippen molar-refractivity contribution in [2.24, 2.45) is 5.92 Å². The van der Waals surface area contributed by atoms with Gasteiger partial charge >= 0.3 is 11.9 Å². The first-order chi connectivity index (χ1) is 21.0. The first-order valence-electron chi connectivity index (χ1n) is 16.4. The fraction of sp³-hybridized carbons (Fsp3) is 0.676. The molecule has 44 heavy (non-hydrogen) atoms. The van der Waals surface area contributed by atoms with Crippen molar-refractivity contribution in [3.63, 3.8) is 0 Å². The fourth-order valence-electron chi connectivity index (χ4n) is 5.05. The van der Waals surface area contributed by atoms with Crippen molar-refractivity contribution in [3.05, 3.63) is 35.9 Å². The number of carboxylic acids is 2. The van der Waals surface area contributed by atoms with Crippen LogP contribution in [0.4, 0.5) is 0 Å². The number of carboxylic acid groups (broad SMARTS) is 2. The first-order valence-corrected chi connectivity index (χ1v) is 16.4. The third-order valence-electron chi connectivity index (χ3n) is 7.54. The largest absolute Gasteiger partial charge is 0.481 e. The van der Waals surface area contributed by atoms with E-state index < -0.39 is 41.9 Å². The number of nitrogens with one attached hydrogen (secondary N) is 3. The number of carbonyl (C=O) groups is 5. The highest BCUT2D eigenvalue weighted by Gasteiger charge is 2.30. The van der Waals surface area contributed by atoms with E-state index in [1.54, 1.807) is 24.3 Å². The molecule has 0 saturated heterocycles. The Morgan fingerprint density at radius 3 is 1.70 bits per heavy atom. The van der Waals surface area contributed by atoms with E-state index in [-0.39, 0.29) is 43.9 Å². The summed E-state index contributed by atoms with van der Waals surface area (Å²) in [5.74, 6) is -3.98. The maximum atomic E-state index is 13.3.